The zero-order valence-electron chi connectivity index (χ0n) is 17.0. The van der Waals surface area contributed by atoms with Crippen molar-refractivity contribution >= 4 is 28.6 Å². The Morgan fingerprint density at radius 1 is 1.18 bits per heavy atom. The minimum atomic E-state index is -0.440. The van der Waals surface area contributed by atoms with E-state index < -0.39 is 5.97 Å². The summed E-state index contributed by atoms with van der Waals surface area (Å²) in [6.07, 6.45) is 3.09. The highest BCUT2D eigenvalue weighted by Crippen LogP contribution is 2.22. The number of aromatic nitrogens is 4. The number of aryl methyl sites for hydroxylation is 1. The van der Waals surface area contributed by atoms with E-state index in [4.69, 9.17) is 4.74 Å². The van der Waals surface area contributed by atoms with Crippen molar-refractivity contribution in [2.45, 2.75) is 53.7 Å². The molecule has 0 aliphatic rings. The van der Waals surface area contributed by atoms with E-state index in [2.05, 4.69) is 20.4 Å². The quantitative estimate of drug-likeness (QED) is 0.653. The number of nitrogens with zero attached hydrogens (tertiary/aromatic N) is 3. The maximum absolute atomic E-state index is 12.8. The van der Waals surface area contributed by atoms with Gasteiger partial charge < -0.3 is 15.0 Å². The van der Waals surface area contributed by atoms with E-state index in [9.17, 15) is 9.59 Å². The molecule has 0 unspecified atom stereocenters. The van der Waals surface area contributed by atoms with Crippen LogP contribution in [-0.2, 0) is 4.74 Å². The molecule has 0 saturated carbocycles. The number of aromatic amines is 1. The van der Waals surface area contributed by atoms with Gasteiger partial charge in [0, 0.05) is 17.1 Å². The second kappa shape index (κ2) is 7.46. The number of carbonyl (C=O) groups excluding carboxylic acids is 2. The van der Waals surface area contributed by atoms with Crippen molar-refractivity contribution in [3.05, 3.63) is 41.0 Å². The van der Waals surface area contributed by atoms with Gasteiger partial charge in [-0.3, -0.25) is 4.79 Å². The summed E-state index contributed by atoms with van der Waals surface area (Å²) in [5.74, 6) is -0.786. The van der Waals surface area contributed by atoms with Crippen LogP contribution < -0.4 is 5.32 Å². The maximum Gasteiger partial charge on any atom is 0.340 e. The van der Waals surface area contributed by atoms with Crippen molar-refractivity contribution in [3.63, 3.8) is 0 Å². The van der Waals surface area contributed by atoms with Gasteiger partial charge in [-0.15, -0.1) is 0 Å². The molecule has 0 spiro atoms. The smallest absolute Gasteiger partial charge is 0.340 e. The second-order valence-electron chi connectivity index (χ2n) is 7.35. The molecule has 148 valence electrons. The van der Waals surface area contributed by atoms with Crippen LogP contribution in [0.1, 0.15) is 65.8 Å². The van der Waals surface area contributed by atoms with Gasteiger partial charge in [0.05, 0.1) is 29.7 Å². The fourth-order valence-corrected chi connectivity index (χ4v) is 3.14. The normalized spacial score (nSPS) is 11.4. The Labute approximate surface area is 163 Å². The summed E-state index contributed by atoms with van der Waals surface area (Å²) < 4.78 is 7.09. The molecule has 3 rings (SSSR count). The van der Waals surface area contributed by atoms with Crippen molar-refractivity contribution in [2.75, 3.05) is 5.32 Å². The van der Waals surface area contributed by atoms with E-state index in [-0.39, 0.29) is 18.1 Å². The van der Waals surface area contributed by atoms with Crippen LogP contribution in [0.5, 0.6) is 0 Å². The number of ether oxygens (including phenoxy) is 1. The molecule has 0 radical (unpaired) electrons. The van der Waals surface area contributed by atoms with Crippen molar-refractivity contribution in [1.29, 1.82) is 0 Å². The van der Waals surface area contributed by atoms with E-state index >= 15 is 0 Å². The molecule has 0 bridgehead atoms. The number of H-pyrrole nitrogens is 1. The summed E-state index contributed by atoms with van der Waals surface area (Å²) in [5.41, 5.74) is 3.19. The van der Waals surface area contributed by atoms with Crippen molar-refractivity contribution in [3.8, 4) is 0 Å². The van der Waals surface area contributed by atoms with E-state index in [1.807, 2.05) is 24.6 Å². The molecule has 8 heteroatoms. The molecule has 1 amide bonds. The van der Waals surface area contributed by atoms with Crippen LogP contribution in [0.2, 0.25) is 0 Å². The number of nitrogens with one attached hydrogen (secondary N) is 2. The maximum atomic E-state index is 12.8. The predicted octanol–water partition coefficient (Wildman–Crippen LogP) is 3.77. The molecule has 0 aromatic carbocycles. The lowest BCUT2D eigenvalue weighted by molar-refractivity contribution is 0.0376. The van der Waals surface area contributed by atoms with Gasteiger partial charge in [0.2, 0.25) is 0 Å². The van der Waals surface area contributed by atoms with Crippen LogP contribution in [0.3, 0.4) is 0 Å². The molecule has 0 aliphatic heterocycles. The van der Waals surface area contributed by atoms with E-state index in [0.29, 0.717) is 28.2 Å². The first-order valence-electron chi connectivity index (χ1n) is 9.23. The van der Waals surface area contributed by atoms with Crippen molar-refractivity contribution in [1.82, 2.24) is 19.7 Å². The molecule has 3 heterocycles. The first-order chi connectivity index (χ1) is 13.2. The Hall–Kier alpha value is -3.16. The number of pyridine rings is 1. The monoisotopic (exact) mass is 383 g/mol. The van der Waals surface area contributed by atoms with Crippen LogP contribution in [0.4, 0.5) is 5.69 Å². The zero-order chi connectivity index (χ0) is 20.6. The summed E-state index contributed by atoms with van der Waals surface area (Å²) in [7, 11) is 0. The van der Waals surface area contributed by atoms with Crippen LogP contribution in [0.15, 0.2) is 18.5 Å². The van der Waals surface area contributed by atoms with Gasteiger partial charge in [-0.2, -0.15) is 5.10 Å². The molecule has 0 saturated heterocycles. The molecule has 0 atom stereocenters. The van der Waals surface area contributed by atoms with Gasteiger partial charge in [0.25, 0.3) is 5.91 Å². The summed E-state index contributed by atoms with van der Waals surface area (Å²) in [6, 6.07) is 2.02. The highest BCUT2D eigenvalue weighted by atomic mass is 16.5. The summed E-state index contributed by atoms with van der Waals surface area (Å²) >= 11 is 0. The number of rotatable bonds is 5. The van der Waals surface area contributed by atoms with Crippen LogP contribution >= 0.6 is 0 Å². The first-order valence-corrected chi connectivity index (χ1v) is 9.23. The third kappa shape index (κ3) is 3.62. The van der Waals surface area contributed by atoms with Crippen molar-refractivity contribution in [2.24, 2.45) is 0 Å². The number of fused-ring (bicyclic) bond motifs is 1. The third-order valence-electron chi connectivity index (χ3n) is 4.39. The van der Waals surface area contributed by atoms with Gasteiger partial charge in [-0.25, -0.2) is 14.5 Å². The molecule has 3 aromatic heterocycles. The number of amides is 1. The molecule has 0 aliphatic carbocycles. The SMILES string of the molecule is Cc1[nH]c(C(=O)Nc2cnc3c(cnn3C(C)C)c2)c(C)c1C(=O)OC(C)C. The molecule has 28 heavy (non-hydrogen) atoms. The molecule has 2 N–H and O–H groups in total. The fraction of sp³-hybridized carbons (Fsp3) is 0.400. The Morgan fingerprint density at radius 2 is 1.89 bits per heavy atom. The minimum absolute atomic E-state index is 0.194. The molecule has 8 nitrogen and oxygen atoms in total. The van der Waals surface area contributed by atoms with Crippen LogP contribution in [0.25, 0.3) is 11.0 Å². The third-order valence-corrected chi connectivity index (χ3v) is 4.39. The summed E-state index contributed by atoms with van der Waals surface area (Å²) in [5, 5.41) is 8.00. The average molecular weight is 383 g/mol. The molecule has 0 fully saturated rings. The lowest BCUT2D eigenvalue weighted by Crippen LogP contribution is -2.15. The number of esters is 1. The predicted molar refractivity (Wildman–Crippen MR) is 107 cm³/mol. The number of anilines is 1. The van der Waals surface area contributed by atoms with Gasteiger partial charge in [0.15, 0.2) is 5.65 Å². The lowest BCUT2D eigenvalue weighted by atomic mass is 10.1. The van der Waals surface area contributed by atoms with E-state index in [0.717, 1.165) is 11.0 Å². The summed E-state index contributed by atoms with van der Waals surface area (Å²) in [6.45, 7) is 11.1. The fourth-order valence-electron chi connectivity index (χ4n) is 3.14. The minimum Gasteiger partial charge on any atom is -0.459 e. The first kappa shape index (κ1) is 19.6. The molecular weight excluding hydrogens is 358 g/mol. The number of hydrogen-bond acceptors (Lipinski definition) is 5. The van der Waals surface area contributed by atoms with Crippen molar-refractivity contribution < 1.29 is 14.3 Å². The van der Waals surface area contributed by atoms with E-state index in [1.165, 1.54) is 0 Å². The molecular formula is C20H25N5O3. The summed E-state index contributed by atoms with van der Waals surface area (Å²) in [4.78, 5) is 32.5. The number of hydrogen-bond donors (Lipinski definition) is 2. The van der Waals surface area contributed by atoms with Gasteiger partial charge >= 0.3 is 5.97 Å². The Kier molecular flexibility index (Phi) is 5.22. The average Bonchev–Trinajstić information content (AvgIpc) is 3.14. The topological polar surface area (TPSA) is 102 Å². The largest absolute Gasteiger partial charge is 0.459 e. The van der Waals surface area contributed by atoms with Crippen LogP contribution in [0, 0.1) is 13.8 Å². The van der Waals surface area contributed by atoms with Gasteiger partial charge in [0.1, 0.15) is 5.69 Å². The number of carbonyl (C=O) groups is 2. The zero-order valence-corrected chi connectivity index (χ0v) is 17.0. The van der Waals surface area contributed by atoms with Gasteiger partial charge in [-0.05, 0) is 53.2 Å². The molecule has 3 aromatic rings. The Balaban J connectivity index is 1.85. The lowest BCUT2D eigenvalue weighted by Gasteiger charge is -2.09. The van der Waals surface area contributed by atoms with Crippen LogP contribution in [-0.4, -0.2) is 37.7 Å². The second-order valence-corrected chi connectivity index (χ2v) is 7.35. The standard InChI is InChI=1S/C20H25N5O3/c1-10(2)25-18-14(8-22-25)7-15(9-21-18)24-19(26)17-12(5)16(13(6)23-17)20(27)28-11(3)4/h7-11,23H,1-6H3,(H,24,26). The Bertz CT molecular complexity index is 1050. The van der Waals surface area contributed by atoms with Gasteiger partial charge in [-0.1, -0.05) is 0 Å². The van der Waals surface area contributed by atoms with E-state index in [1.54, 1.807) is 40.1 Å². The Morgan fingerprint density at radius 3 is 2.54 bits per heavy atom. The highest BCUT2D eigenvalue weighted by Gasteiger charge is 2.24. The highest BCUT2D eigenvalue weighted by molar-refractivity contribution is 6.07.